The molecule has 0 aliphatic rings. The minimum Gasteiger partial charge on any atom is -0.365 e. The number of hydrogen-bond donors (Lipinski definition) is 1. The topological polar surface area (TPSA) is 29.3 Å². The van der Waals surface area contributed by atoms with Crippen LogP contribution in [-0.2, 0) is 6.54 Å². The van der Waals surface area contributed by atoms with Crippen molar-refractivity contribution in [2.75, 3.05) is 5.32 Å². The minimum atomic E-state index is -0.219. The first-order valence-corrected chi connectivity index (χ1v) is 8.59. The second-order valence-corrected chi connectivity index (χ2v) is 6.65. The van der Waals surface area contributed by atoms with Crippen LogP contribution >= 0.6 is 11.3 Å². The van der Waals surface area contributed by atoms with E-state index in [2.05, 4.69) is 34.8 Å². The van der Waals surface area contributed by atoms with Gasteiger partial charge in [0.2, 0.25) is 0 Å². The number of benzene rings is 1. The maximum atomic E-state index is 13.1. The molecule has 0 radical (unpaired) electrons. The molecule has 4 aromatic rings. The molecule has 3 heterocycles. The van der Waals surface area contributed by atoms with Gasteiger partial charge in [-0.1, -0.05) is 18.2 Å². The zero-order valence-corrected chi connectivity index (χ0v) is 14.0. The first-order chi connectivity index (χ1) is 11.7. The van der Waals surface area contributed by atoms with Gasteiger partial charge in [0.05, 0.1) is 4.88 Å². The monoisotopic (exact) mass is 337 g/mol. The van der Waals surface area contributed by atoms with Crippen LogP contribution in [0.4, 0.5) is 10.2 Å². The molecule has 0 unspecified atom stereocenters. The number of nitrogens with one attached hydrogen (secondary N) is 1. The van der Waals surface area contributed by atoms with E-state index in [-0.39, 0.29) is 5.82 Å². The van der Waals surface area contributed by atoms with E-state index >= 15 is 0 Å². The summed E-state index contributed by atoms with van der Waals surface area (Å²) in [5.41, 5.74) is 4.06. The number of pyridine rings is 1. The van der Waals surface area contributed by atoms with Crippen LogP contribution in [0.3, 0.4) is 0 Å². The van der Waals surface area contributed by atoms with Crippen LogP contribution < -0.4 is 5.32 Å². The molecule has 0 amide bonds. The van der Waals surface area contributed by atoms with Gasteiger partial charge in [-0.05, 0) is 53.8 Å². The largest absolute Gasteiger partial charge is 0.365 e. The van der Waals surface area contributed by atoms with E-state index in [4.69, 9.17) is 4.98 Å². The van der Waals surface area contributed by atoms with Crippen molar-refractivity contribution in [1.29, 1.82) is 0 Å². The Morgan fingerprint density at radius 3 is 2.75 bits per heavy atom. The predicted octanol–water partition coefficient (Wildman–Crippen LogP) is 5.12. The Labute approximate surface area is 143 Å². The third-order valence-electron chi connectivity index (χ3n) is 3.91. The lowest BCUT2D eigenvalue weighted by atomic mass is 10.2. The van der Waals surface area contributed by atoms with Crippen LogP contribution in [0.15, 0.2) is 60.1 Å². The number of imidazole rings is 1. The van der Waals surface area contributed by atoms with Crippen molar-refractivity contribution in [3.63, 3.8) is 0 Å². The molecule has 0 atom stereocenters. The molecule has 0 bridgehead atoms. The fourth-order valence-electron chi connectivity index (χ4n) is 2.69. The summed E-state index contributed by atoms with van der Waals surface area (Å²) < 4.78 is 15.1. The fraction of sp³-hybridized carbons (Fsp3) is 0.105. The molecule has 4 rings (SSSR count). The highest BCUT2D eigenvalue weighted by Gasteiger charge is 2.14. The summed E-state index contributed by atoms with van der Waals surface area (Å²) in [6.45, 7) is 2.67. The van der Waals surface area contributed by atoms with Crippen molar-refractivity contribution < 1.29 is 4.39 Å². The van der Waals surface area contributed by atoms with Crippen molar-refractivity contribution in [2.24, 2.45) is 0 Å². The number of rotatable bonds is 4. The molecule has 0 aliphatic carbocycles. The number of nitrogens with zero attached hydrogens (tertiary/aromatic N) is 2. The lowest BCUT2D eigenvalue weighted by Crippen LogP contribution is -2.03. The van der Waals surface area contributed by atoms with E-state index in [1.807, 2.05) is 17.6 Å². The molecular weight excluding hydrogens is 321 g/mol. The van der Waals surface area contributed by atoms with Gasteiger partial charge in [0.25, 0.3) is 0 Å². The number of hydrogen-bond acceptors (Lipinski definition) is 3. The minimum absolute atomic E-state index is 0.219. The van der Waals surface area contributed by atoms with E-state index in [0.29, 0.717) is 6.54 Å². The average Bonchev–Trinajstić information content (AvgIpc) is 3.21. The zero-order valence-electron chi connectivity index (χ0n) is 13.2. The van der Waals surface area contributed by atoms with Gasteiger partial charge >= 0.3 is 0 Å². The van der Waals surface area contributed by atoms with Gasteiger partial charge in [-0.15, -0.1) is 11.3 Å². The van der Waals surface area contributed by atoms with Crippen molar-refractivity contribution >= 4 is 22.8 Å². The Morgan fingerprint density at radius 1 is 1.17 bits per heavy atom. The smallest absolute Gasteiger partial charge is 0.139 e. The van der Waals surface area contributed by atoms with Crippen LogP contribution in [-0.4, -0.2) is 9.38 Å². The second-order valence-electron chi connectivity index (χ2n) is 5.70. The van der Waals surface area contributed by atoms with Crippen LogP contribution in [0, 0.1) is 12.7 Å². The average molecular weight is 337 g/mol. The molecule has 0 aliphatic heterocycles. The summed E-state index contributed by atoms with van der Waals surface area (Å²) in [6.07, 6.45) is 2.03. The summed E-state index contributed by atoms with van der Waals surface area (Å²) >= 11 is 1.67. The molecule has 0 saturated carbocycles. The van der Waals surface area contributed by atoms with E-state index in [9.17, 15) is 4.39 Å². The van der Waals surface area contributed by atoms with E-state index in [1.165, 1.54) is 17.7 Å². The summed E-state index contributed by atoms with van der Waals surface area (Å²) in [6, 6.07) is 14.8. The number of halogens is 1. The molecule has 120 valence electrons. The maximum absolute atomic E-state index is 13.1. The molecule has 3 aromatic heterocycles. The van der Waals surface area contributed by atoms with Crippen molar-refractivity contribution in [3.8, 4) is 10.6 Å². The number of aromatic nitrogens is 2. The van der Waals surface area contributed by atoms with Crippen molar-refractivity contribution in [3.05, 3.63) is 77.1 Å². The van der Waals surface area contributed by atoms with Gasteiger partial charge in [-0.3, -0.25) is 4.40 Å². The van der Waals surface area contributed by atoms with Gasteiger partial charge in [-0.2, -0.15) is 0 Å². The van der Waals surface area contributed by atoms with Gasteiger partial charge in [0, 0.05) is 12.7 Å². The third-order valence-corrected chi connectivity index (χ3v) is 4.79. The van der Waals surface area contributed by atoms with E-state index < -0.39 is 0 Å². The van der Waals surface area contributed by atoms with Crippen LogP contribution in [0.2, 0.25) is 0 Å². The predicted molar refractivity (Wildman–Crippen MR) is 97.0 cm³/mol. The highest BCUT2D eigenvalue weighted by molar-refractivity contribution is 7.13. The Morgan fingerprint density at radius 2 is 2.00 bits per heavy atom. The number of aryl methyl sites for hydroxylation is 1. The van der Waals surface area contributed by atoms with Gasteiger partial charge < -0.3 is 5.32 Å². The molecule has 5 heteroatoms. The van der Waals surface area contributed by atoms with Crippen LogP contribution in [0.25, 0.3) is 16.2 Å². The first-order valence-electron chi connectivity index (χ1n) is 7.71. The van der Waals surface area contributed by atoms with Gasteiger partial charge in [-0.25, -0.2) is 9.37 Å². The summed E-state index contributed by atoms with van der Waals surface area (Å²) in [5.74, 6) is 0.736. The fourth-order valence-corrected chi connectivity index (χ4v) is 3.40. The Kier molecular flexibility index (Phi) is 3.78. The third kappa shape index (κ3) is 2.78. The zero-order chi connectivity index (χ0) is 16.5. The summed E-state index contributed by atoms with van der Waals surface area (Å²) in [5, 5.41) is 5.51. The highest BCUT2D eigenvalue weighted by atomic mass is 32.1. The van der Waals surface area contributed by atoms with Crippen LogP contribution in [0.5, 0.6) is 0 Å². The normalized spacial score (nSPS) is 11.1. The molecular formula is C19H16FN3S. The second kappa shape index (κ2) is 6.09. The number of anilines is 1. The standard InChI is InChI=1S/C19H16FN3S/c1-13-8-9-23-17(11-13)22-18(16-3-2-10-24-16)19(23)21-12-14-4-6-15(20)7-5-14/h2-11,21H,12H2,1H3. The first kappa shape index (κ1) is 14.9. The summed E-state index contributed by atoms with van der Waals surface area (Å²) in [7, 11) is 0. The SMILES string of the molecule is Cc1ccn2c(NCc3ccc(F)cc3)c(-c3cccs3)nc2c1. The van der Waals surface area contributed by atoms with Gasteiger partial charge in [0.15, 0.2) is 0 Å². The Bertz CT molecular complexity index is 972. The Balaban J connectivity index is 1.74. The molecule has 0 spiro atoms. The number of fused-ring (bicyclic) bond motifs is 1. The van der Waals surface area contributed by atoms with Crippen molar-refractivity contribution in [2.45, 2.75) is 13.5 Å². The highest BCUT2D eigenvalue weighted by Crippen LogP contribution is 2.32. The summed E-state index contributed by atoms with van der Waals surface area (Å²) in [4.78, 5) is 5.92. The molecule has 1 N–H and O–H groups in total. The Hall–Kier alpha value is -2.66. The number of thiophene rings is 1. The molecule has 0 saturated heterocycles. The lowest BCUT2D eigenvalue weighted by molar-refractivity contribution is 0.627. The molecule has 1 aromatic carbocycles. The lowest BCUT2D eigenvalue weighted by Gasteiger charge is -2.08. The van der Waals surface area contributed by atoms with Gasteiger partial charge in [0.1, 0.15) is 23.0 Å². The molecule has 3 nitrogen and oxygen atoms in total. The van der Waals surface area contributed by atoms with Crippen molar-refractivity contribution in [1.82, 2.24) is 9.38 Å². The molecule has 24 heavy (non-hydrogen) atoms. The maximum Gasteiger partial charge on any atom is 0.139 e. The quantitative estimate of drug-likeness (QED) is 0.560. The van der Waals surface area contributed by atoms with E-state index in [0.717, 1.165) is 27.6 Å². The van der Waals surface area contributed by atoms with E-state index in [1.54, 1.807) is 23.5 Å². The van der Waals surface area contributed by atoms with Crippen LogP contribution in [0.1, 0.15) is 11.1 Å². The molecule has 0 fully saturated rings.